The number of imidazole rings is 1. The first kappa shape index (κ1) is 10.9. The van der Waals surface area contributed by atoms with Crippen LogP contribution in [0.4, 0.5) is 5.95 Å². The summed E-state index contributed by atoms with van der Waals surface area (Å²) >= 11 is 0. The molecule has 7 heteroatoms. The lowest BCUT2D eigenvalue weighted by molar-refractivity contribution is -0.119. The van der Waals surface area contributed by atoms with Gasteiger partial charge < -0.3 is 15.2 Å². The van der Waals surface area contributed by atoms with Crippen LogP contribution < -0.4 is 10.6 Å². The Hall–Kier alpha value is -2.18. The highest BCUT2D eigenvalue weighted by Gasteiger charge is 2.20. The molecule has 3 heterocycles. The van der Waals surface area contributed by atoms with Crippen LogP contribution in [0.5, 0.6) is 0 Å². The Morgan fingerprint density at radius 3 is 3.22 bits per heavy atom. The first-order valence-corrected chi connectivity index (χ1v) is 5.89. The number of nitrogens with one attached hydrogen (secondary N) is 2. The highest BCUT2D eigenvalue weighted by Crippen LogP contribution is 2.11. The maximum Gasteiger partial charge on any atom is 0.224 e. The molecule has 2 aromatic heterocycles. The van der Waals surface area contributed by atoms with Crippen LogP contribution in [0.3, 0.4) is 0 Å². The van der Waals surface area contributed by atoms with Gasteiger partial charge in [0.1, 0.15) is 5.52 Å². The maximum absolute atomic E-state index is 11.1. The van der Waals surface area contributed by atoms with Crippen LogP contribution in [0.15, 0.2) is 12.5 Å². The van der Waals surface area contributed by atoms with Crippen molar-refractivity contribution in [3.05, 3.63) is 12.5 Å². The topological polar surface area (TPSA) is 84.7 Å². The van der Waals surface area contributed by atoms with E-state index in [2.05, 4.69) is 25.6 Å². The van der Waals surface area contributed by atoms with Crippen LogP contribution in [-0.2, 0) is 11.8 Å². The number of hydrogen-bond donors (Lipinski definition) is 2. The summed E-state index contributed by atoms with van der Waals surface area (Å²) in [5, 5.41) is 6.01. The highest BCUT2D eigenvalue weighted by atomic mass is 16.1. The molecule has 1 unspecified atom stereocenters. The number of aromatic nitrogens is 4. The highest BCUT2D eigenvalue weighted by molar-refractivity contribution is 5.78. The van der Waals surface area contributed by atoms with E-state index in [-0.39, 0.29) is 11.9 Å². The van der Waals surface area contributed by atoms with Crippen LogP contribution in [-0.4, -0.2) is 38.0 Å². The predicted molar refractivity (Wildman–Crippen MR) is 66.0 cm³/mol. The third-order valence-corrected chi connectivity index (χ3v) is 3.07. The summed E-state index contributed by atoms with van der Waals surface area (Å²) < 4.78 is 1.87. The summed E-state index contributed by atoms with van der Waals surface area (Å²) in [4.78, 5) is 23.8. The molecule has 1 aliphatic rings. The van der Waals surface area contributed by atoms with Gasteiger partial charge in [-0.25, -0.2) is 9.97 Å². The van der Waals surface area contributed by atoms with Crippen molar-refractivity contribution in [2.75, 3.05) is 11.9 Å². The van der Waals surface area contributed by atoms with Gasteiger partial charge in [0.15, 0.2) is 5.65 Å². The molecule has 1 saturated heterocycles. The molecule has 0 bridgehead atoms. The van der Waals surface area contributed by atoms with Crippen molar-refractivity contribution in [3.8, 4) is 0 Å². The number of anilines is 1. The second-order valence-corrected chi connectivity index (χ2v) is 4.44. The van der Waals surface area contributed by atoms with Crippen molar-refractivity contribution in [2.24, 2.45) is 7.05 Å². The molecule has 1 fully saturated rings. The third-order valence-electron chi connectivity index (χ3n) is 3.07. The average molecular weight is 246 g/mol. The fourth-order valence-electron chi connectivity index (χ4n) is 2.04. The minimum Gasteiger partial charge on any atom is -0.352 e. The molecule has 0 aromatic carbocycles. The number of nitrogens with zero attached hydrogens (tertiary/aromatic N) is 4. The van der Waals surface area contributed by atoms with Crippen LogP contribution in [0, 0.1) is 0 Å². The Bertz CT molecular complexity index is 592. The van der Waals surface area contributed by atoms with Crippen molar-refractivity contribution in [3.63, 3.8) is 0 Å². The summed E-state index contributed by atoms with van der Waals surface area (Å²) in [7, 11) is 1.90. The van der Waals surface area contributed by atoms with Crippen molar-refractivity contribution in [1.29, 1.82) is 0 Å². The molecule has 0 spiro atoms. The normalized spacial score (nSPS) is 19.2. The predicted octanol–water partition coefficient (Wildman–Crippen LogP) is 0.0538. The van der Waals surface area contributed by atoms with Gasteiger partial charge >= 0.3 is 0 Å². The van der Waals surface area contributed by atoms with Crippen molar-refractivity contribution in [2.45, 2.75) is 18.9 Å². The molecule has 1 aliphatic heterocycles. The molecular formula is C11H14N6O. The Morgan fingerprint density at radius 2 is 2.44 bits per heavy atom. The minimum absolute atomic E-state index is 0.114. The largest absolute Gasteiger partial charge is 0.352 e. The summed E-state index contributed by atoms with van der Waals surface area (Å²) in [6.07, 6.45) is 4.91. The van der Waals surface area contributed by atoms with Gasteiger partial charge in [0, 0.05) is 26.1 Å². The van der Waals surface area contributed by atoms with Gasteiger partial charge in [-0.1, -0.05) is 0 Å². The lowest BCUT2D eigenvalue weighted by Gasteiger charge is -2.10. The zero-order chi connectivity index (χ0) is 12.5. The molecule has 0 radical (unpaired) electrons. The van der Waals surface area contributed by atoms with E-state index in [4.69, 9.17) is 0 Å². The number of fused-ring (bicyclic) bond motifs is 1. The molecule has 0 aliphatic carbocycles. The molecule has 18 heavy (non-hydrogen) atoms. The number of rotatable bonds is 3. The van der Waals surface area contributed by atoms with Gasteiger partial charge in [-0.15, -0.1) is 0 Å². The lowest BCUT2D eigenvalue weighted by Crippen LogP contribution is -2.32. The Kier molecular flexibility index (Phi) is 2.58. The standard InChI is InChI=1S/C11H14N6O/c1-17-6-14-10-8(17)5-13-11(16-10)12-4-7-2-3-9(18)15-7/h5-7H,2-4H2,1H3,(H,15,18)(H,12,13,16). The molecule has 7 nitrogen and oxygen atoms in total. The SMILES string of the molecule is Cn1cnc2nc(NCC3CCC(=O)N3)ncc21. The first-order chi connectivity index (χ1) is 8.72. The Morgan fingerprint density at radius 1 is 1.56 bits per heavy atom. The van der Waals surface area contributed by atoms with E-state index in [9.17, 15) is 4.79 Å². The van der Waals surface area contributed by atoms with E-state index in [1.807, 2.05) is 11.6 Å². The number of aryl methyl sites for hydroxylation is 1. The molecule has 1 amide bonds. The van der Waals surface area contributed by atoms with Crippen LogP contribution >= 0.6 is 0 Å². The maximum atomic E-state index is 11.1. The Balaban J connectivity index is 1.69. The average Bonchev–Trinajstić information content (AvgIpc) is 2.94. The van der Waals surface area contributed by atoms with Crippen molar-refractivity contribution >= 4 is 23.0 Å². The number of hydrogen-bond acceptors (Lipinski definition) is 5. The number of carbonyl (C=O) groups excluding carboxylic acids is 1. The summed E-state index contributed by atoms with van der Waals surface area (Å²) in [5.74, 6) is 0.658. The molecule has 2 N–H and O–H groups in total. The van der Waals surface area contributed by atoms with Crippen LogP contribution in [0.2, 0.25) is 0 Å². The quantitative estimate of drug-likeness (QED) is 0.799. The molecule has 0 saturated carbocycles. The second-order valence-electron chi connectivity index (χ2n) is 4.44. The fraction of sp³-hybridized carbons (Fsp3) is 0.455. The van der Waals surface area contributed by atoms with Gasteiger partial charge in [0.25, 0.3) is 0 Å². The van der Waals surface area contributed by atoms with Gasteiger partial charge in [-0.05, 0) is 6.42 Å². The zero-order valence-corrected chi connectivity index (χ0v) is 10.1. The zero-order valence-electron chi connectivity index (χ0n) is 10.1. The molecular weight excluding hydrogens is 232 g/mol. The number of carbonyl (C=O) groups is 1. The van der Waals surface area contributed by atoms with E-state index in [1.54, 1.807) is 12.5 Å². The third kappa shape index (κ3) is 1.99. The van der Waals surface area contributed by atoms with Gasteiger partial charge in [0.05, 0.1) is 12.5 Å². The van der Waals surface area contributed by atoms with Crippen LogP contribution in [0.25, 0.3) is 11.2 Å². The van der Waals surface area contributed by atoms with E-state index < -0.39 is 0 Å². The van der Waals surface area contributed by atoms with Crippen molar-refractivity contribution < 1.29 is 4.79 Å². The number of amides is 1. The van der Waals surface area contributed by atoms with Crippen molar-refractivity contribution in [1.82, 2.24) is 24.8 Å². The van der Waals surface area contributed by atoms with Gasteiger partial charge in [-0.2, -0.15) is 4.98 Å². The molecule has 2 aromatic rings. The van der Waals surface area contributed by atoms with E-state index >= 15 is 0 Å². The summed E-state index contributed by atoms with van der Waals surface area (Å²) in [6.45, 7) is 0.643. The summed E-state index contributed by atoms with van der Waals surface area (Å²) in [6, 6.07) is 0.167. The smallest absolute Gasteiger partial charge is 0.224 e. The fourth-order valence-corrected chi connectivity index (χ4v) is 2.04. The van der Waals surface area contributed by atoms with E-state index in [0.29, 0.717) is 24.6 Å². The van der Waals surface area contributed by atoms with Crippen LogP contribution in [0.1, 0.15) is 12.8 Å². The first-order valence-electron chi connectivity index (χ1n) is 5.89. The summed E-state index contributed by atoms with van der Waals surface area (Å²) in [5.41, 5.74) is 1.57. The monoisotopic (exact) mass is 246 g/mol. The molecule has 3 rings (SSSR count). The minimum atomic E-state index is 0.114. The molecule has 1 atom stereocenters. The lowest BCUT2D eigenvalue weighted by atomic mass is 10.2. The Labute approximate surface area is 104 Å². The second kappa shape index (κ2) is 4.25. The van der Waals surface area contributed by atoms with Gasteiger partial charge in [-0.3, -0.25) is 4.79 Å². The molecule has 94 valence electrons. The van der Waals surface area contributed by atoms with Gasteiger partial charge in [0.2, 0.25) is 11.9 Å². The van der Waals surface area contributed by atoms with E-state index in [1.165, 1.54) is 0 Å². The van der Waals surface area contributed by atoms with E-state index in [0.717, 1.165) is 11.9 Å².